The molecule has 126 valence electrons. The minimum atomic E-state index is -0.583. The van der Waals surface area contributed by atoms with Crippen molar-refractivity contribution in [2.24, 2.45) is 0 Å². The fourth-order valence-corrected chi connectivity index (χ4v) is 3.81. The molecule has 0 radical (unpaired) electrons. The Morgan fingerprint density at radius 2 is 2.04 bits per heavy atom. The Balaban J connectivity index is 1.77. The van der Waals surface area contributed by atoms with Crippen LogP contribution in [0.3, 0.4) is 0 Å². The molecule has 1 saturated carbocycles. The number of ether oxygens (including phenoxy) is 1. The Morgan fingerprint density at radius 1 is 1.29 bits per heavy atom. The number of hydrogen-bond acceptors (Lipinski definition) is 5. The highest BCUT2D eigenvalue weighted by Gasteiger charge is 2.28. The number of benzene rings is 1. The van der Waals surface area contributed by atoms with Gasteiger partial charge in [-0.05, 0) is 38.2 Å². The van der Waals surface area contributed by atoms with Crippen molar-refractivity contribution in [3.8, 4) is 10.6 Å². The van der Waals surface area contributed by atoms with Crippen LogP contribution in [0.25, 0.3) is 10.6 Å². The number of carbonyl (C=O) groups is 2. The number of hydrogen-bond donors (Lipinski definition) is 0. The van der Waals surface area contributed by atoms with Crippen molar-refractivity contribution >= 4 is 23.1 Å². The van der Waals surface area contributed by atoms with Gasteiger partial charge in [-0.2, -0.15) is 0 Å². The van der Waals surface area contributed by atoms with Crippen LogP contribution in [0.5, 0.6) is 0 Å². The summed E-state index contributed by atoms with van der Waals surface area (Å²) in [7, 11) is 0. The van der Waals surface area contributed by atoms with Gasteiger partial charge in [0.05, 0.1) is 5.69 Å². The quantitative estimate of drug-likeness (QED) is 0.775. The van der Waals surface area contributed by atoms with E-state index in [-0.39, 0.29) is 5.78 Å². The van der Waals surface area contributed by atoms with Gasteiger partial charge in [0.25, 0.3) is 0 Å². The third kappa shape index (κ3) is 3.56. The third-order valence-electron chi connectivity index (χ3n) is 4.34. The number of Topliss-reactive ketones (excluding diaryl/α,β-unsaturated/α-hetero) is 1. The fraction of sp³-hybridized carbons (Fsp3) is 0.421. The first-order valence-corrected chi connectivity index (χ1v) is 9.20. The highest BCUT2D eigenvalue weighted by atomic mass is 32.1. The van der Waals surface area contributed by atoms with E-state index in [2.05, 4.69) is 24.0 Å². The molecule has 1 aromatic carbocycles. The maximum Gasteiger partial charge on any atom is 0.350 e. The molecule has 0 saturated heterocycles. The second-order valence-electron chi connectivity index (χ2n) is 6.09. The predicted molar refractivity (Wildman–Crippen MR) is 94.3 cm³/mol. The van der Waals surface area contributed by atoms with Gasteiger partial charge >= 0.3 is 5.97 Å². The number of ketones is 1. The molecule has 1 aliphatic carbocycles. The maximum absolute atomic E-state index is 12.4. The van der Waals surface area contributed by atoms with Crippen LogP contribution in [0.2, 0.25) is 0 Å². The first-order valence-electron chi connectivity index (χ1n) is 8.39. The van der Waals surface area contributed by atoms with Crippen molar-refractivity contribution in [3.63, 3.8) is 0 Å². The van der Waals surface area contributed by atoms with Gasteiger partial charge in [-0.3, -0.25) is 4.79 Å². The molecule has 0 bridgehead atoms. The summed E-state index contributed by atoms with van der Waals surface area (Å²) < 4.78 is 5.44. The van der Waals surface area contributed by atoms with Crippen LogP contribution in [0.1, 0.15) is 53.5 Å². The van der Waals surface area contributed by atoms with E-state index in [0.717, 1.165) is 29.8 Å². The van der Waals surface area contributed by atoms with Crippen LogP contribution >= 0.6 is 11.3 Å². The Labute approximate surface area is 145 Å². The van der Waals surface area contributed by atoms with E-state index in [9.17, 15) is 9.59 Å². The lowest BCUT2D eigenvalue weighted by Gasteiger charge is -2.20. The highest BCUT2D eigenvalue weighted by Crippen LogP contribution is 2.29. The first-order chi connectivity index (χ1) is 11.6. The Kier molecular flexibility index (Phi) is 5.09. The Hall–Kier alpha value is -2.01. The predicted octanol–water partition coefficient (Wildman–Crippen LogP) is 4.35. The average molecular weight is 343 g/mol. The Morgan fingerprint density at radius 3 is 2.71 bits per heavy atom. The summed E-state index contributed by atoms with van der Waals surface area (Å²) in [5, 5.41) is 0.803. The topological polar surface area (TPSA) is 56.3 Å². The molecule has 1 heterocycles. The molecule has 1 fully saturated rings. The van der Waals surface area contributed by atoms with Crippen LogP contribution in [0.15, 0.2) is 24.3 Å². The van der Waals surface area contributed by atoms with Gasteiger partial charge in [0.15, 0.2) is 11.9 Å². The Bertz CT molecular complexity index is 748. The van der Waals surface area contributed by atoms with Gasteiger partial charge < -0.3 is 4.74 Å². The molecular formula is C19H21NO3S. The van der Waals surface area contributed by atoms with E-state index in [1.165, 1.54) is 16.9 Å². The molecule has 0 spiro atoms. The van der Waals surface area contributed by atoms with Crippen molar-refractivity contribution in [1.29, 1.82) is 0 Å². The van der Waals surface area contributed by atoms with Crippen molar-refractivity contribution in [2.75, 3.05) is 0 Å². The van der Waals surface area contributed by atoms with Crippen molar-refractivity contribution in [1.82, 2.24) is 4.98 Å². The normalized spacial score (nSPS) is 17.8. The molecule has 0 aliphatic heterocycles. The lowest BCUT2D eigenvalue weighted by atomic mass is 9.96. The molecule has 3 rings (SSSR count). The van der Waals surface area contributed by atoms with Crippen LogP contribution in [-0.4, -0.2) is 22.8 Å². The molecule has 5 heteroatoms. The van der Waals surface area contributed by atoms with Crippen LogP contribution < -0.4 is 0 Å². The van der Waals surface area contributed by atoms with Gasteiger partial charge in [-0.1, -0.05) is 31.2 Å². The second kappa shape index (κ2) is 7.26. The summed E-state index contributed by atoms with van der Waals surface area (Å²) in [4.78, 5) is 29.3. The molecular weight excluding hydrogens is 322 g/mol. The molecule has 0 N–H and O–H groups in total. The van der Waals surface area contributed by atoms with Gasteiger partial charge in [0.2, 0.25) is 0 Å². The number of aryl methyl sites for hydroxylation is 2. The van der Waals surface area contributed by atoms with Gasteiger partial charge in [0.1, 0.15) is 9.88 Å². The molecule has 1 aromatic heterocycles. The largest absolute Gasteiger partial charge is 0.450 e. The zero-order valence-corrected chi connectivity index (χ0v) is 14.8. The van der Waals surface area contributed by atoms with Crippen LogP contribution in [0.4, 0.5) is 0 Å². The number of nitrogens with zero attached hydrogens (tertiary/aromatic N) is 1. The number of carbonyl (C=O) groups excluding carboxylic acids is 2. The molecule has 2 aromatic rings. The molecule has 1 atom stereocenters. The minimum absolute atomic E-state index is 0.0344. The average Bonchev–Trinajstić information content (AvgIpc) is 2.99. The SMILES string of the molecule is CCc1ccc(-c2nc(C)c(C(=O)O[C@@H]3CCCCC3=O)s2)cc1. The van der Waals surface area contributed by atoms with Crippen LogP contribution in [-0.2, 0) is 16.0 Å². The monoisotopic (exact) mass is 343 g/mol. The van der Waals surface area contributed by atoms with E-state index in [1.807, 2.05) is 12.1 Å². The van der Waals surface area contributed by atoms with Gasteiger partial charge in [-0.15, -0.1) is 11.3 Å². The molecule has 0 unspecified atom stereocenters. The molecule has 4 nitrogen and oxygen atoms in total. The number of thiazole rings is 1. The fourth-order valence-electron chi connectivity index (χ4n) is 2.85. The van der Waals surface area contributed by atoms with E-state index < -0.39 is 12.1 Å². The van der Waals surface area contributed by atoms with E-state index in [0.29, 0.717) is 23.4 Å². The van der Waals surface area contributed by atoms with Gasteiger partial charge in [0, 0.05) is 12.0 Å². The van der Waals surface area contributed by atoms with Gasteiger partial charge in [-0.25, -0.2) is 9.78 Å². The van der Waals surface area contributed by atoms with E-state index in [1.54, 1.807) is 6.92 Å². The lowest BCUT2D eigenvalue weighted by molar-refractivity contribution is -0.129. The maximum atomic E-state index is 12.4. The van der Waals surface area contributed by atoms with Crippen molar-refractivity contribution in [2.45, 2.75) is 52.1 Å². The zero-order valence-electron chi connectivity index (χ0n) is 14.0. The first kappa shape index (κ1) is 16.8. The molecule has 24 heavy (non-hydrogen) atoms. The summed E-state index contributed by atoms with van der Waals surface area (Å²) in [6.07, 6.45) is 3.37. The summed E-state index contributed by atoms with van der Waals surface area (Å²) in [6.45, 7) is 3.92. The smallest absolute Gasteiger partial charge is 0.350 e. The standard InChI is InChI=1S/C19H21NO3S/c1-3-13-8-10-14(11-9-13)18-20-12(2)17(24-18)19(22)23-16-7-5-4-6-15(16)21/h8-11,16H,3-7H2,1-2H3/t16-/m1/s1. The summed E-state index contributed by atoms with van der Waals surface area (Å²) in [6, 6.07) is 8.20. The van der Waals surface area contributed by atoms with E-state index in [4.69, 9.17) is 4.74 Å². The summed E-state index contributed by atoms with van der Waals surface area (Å²) in [5.41, 5.74) is 2.92. The zero-order chi connectivity index (χ0) is 17.1. The van der Waals surface area contributed by atoms with Crippen LogP contribution in [0, 0.1) is 6.92 Å². The molecule has 1 aliphatic rings. The number of esters is 1. The lowest BCUT2D eigenvalue weighted by Crippen LogP contribution is -2.30. The number of rotatable bonds is 4. The minimum Gasteiger partial charge on any atom is -0.450 e. The third-order valence-corrected chi connectivity index (χ3v) is 5.53. The van der Waals surface area contributed by atoms with Crippen molar-refractivity contribution < 1.29 is 14.3 Å². The van der Waals surface area contributed by atoms with Crippen molar-refractivity contribution in [3.05, 3.63) is 40.4 Å². The summed E-state index contributed by atoms with van der Waals surface area (Å²) >= 11 is 1.33. The van der Waals surface area contributed by atoms with E-state index >= 15 is 0 Å². The number of aromatic nitrogens is 1. The molecule has 0 amide bonds. The highest BCUT2D eigenvalue weighted by molar-refractivity contribution is 7.17. The summed E-state index contributed by atoms with van der Waals surface area (Å²) in [5.74, 6) is -0.395. The second-order valence-corrected chi connectivity index (χ2v) is 7.09.